The summed E-state index contributed by atoms with van der Waals surface area (Å²) in [6, 6.07) is 0. The van der Waals surface area contributed by atoms with Gasteiger partial charge in [0.05, 0.1) is 19.1 Å². The zero-order chi connectivity index (χ0) is 16.1. The molecule has 0 aromatic rings. The second kappa shape index (κ2) is 12.6. The quantitative estimate of drug-likeness (QED) is 0.443. The number of rotatable bonds is 12. The van der Waals surface area contributed by atoms with Crippen LogP contribution in [0.1, 0.15) is 72.1 Å². The Hall–Kier alpha value is -1.10. The lowest BCUT2D eigenvalue weighted by Crippen LogP contribution is -2.20. The maximum absolute atomic E-state index is 11.6. The molecule has 0 aromatic carbocycles. The van der Waals surface area contributed by atoms with Crippen LogP contribution in [0, 0.1) is 0 Å². The molecule has 0 amide bonds. The van der Waals surface area contributed by atoms with Gasteiger partial charge in [-0.1, -0.05) is 32.6 Å². The Labute approximate surface area is 128 Å². The Kier molecular flexibility index (Phi) is 12.0. The fraction of sp³-hybridized carbons (Fsp3) is 0.875. The van der Waals surface area contributed by atoms with Crippen molar-refractivity contribution in [1.82, 2.24) is 0 Å². The molecule has 124 valence electrons. The lowest BCUT2D eigenvalue weighted by molar-refractivity contribution is -0.154. The molecule has 0 aromatic heterocycles. The lowest BCUT2D eigenvalue weighted by Gasteiger charge is -2.13. The summed E-state index contributed by atoms with van der Waals surface area (Å²) >= 11 is 0. The number of hydrogen-bond acceptors (Lipinski definition) is 5. The van der Waals surface area contributed by atoms with E-state index in [1.54, 1.807) is 13.8 Å². The first-order valence-corrected chi connectivity index (χ1v) is 7.98. The fourth-order valence-corrected chi connectivity index (χ4v) is 1.83. The third-order valence-corrected chi connectivity index (χ3v) is 3.07. The standard InChI is InChI=1S/C16H30O5/c1-4-5-6-7-8-9-15(18)21-14(3)12-16(19)20-11-10-13(2)17/h13-14,17H,4-12H2,1-3H3/t13-,14-/m1/s1. The molecule has 0 aliphatic carbocycles. The first-order chi connectivity index (χ1) is 9.95. The van der Waals surface area contributed by atoms with Gasteiger partial charge in [0, 0.05) is 12.8 Å². The van der Waals surface area contributed by atoms with Crippen molar-refractivity contribution in [3.8, 4) is 0 Å². The molecule has 5 heteroatoms. The van der Waals surface area contributed by atoms with Gasteiger partial charge >= 0.3 is 11.9 Å². The van der Waals surface area contributed by atoms with Crippen molar-refractivity contribution in [3.63, 3.8) is 0 Å². The van der Waals surface area contributed by atoms with Crippen LogP contribution in [0.3, 0.4) is 0 Å². The molecule has 0 aliphatic heterocycles. The van der Waals surface area contributed by atoms with Gasteiger partial charge in [-0.05, 0) is 20.3 Å². The van der Waals surface area contributed by atoms with Crippen molar-refractivity contribution in [2.45, 2.75) is 84.3 Å². The Morgan fingerprint density at radius 1 is 1.05 bits per heavy atom. The van der Waals surface area contributed by atoms with E-state index < -0.39 is 18.2 Å². The van der Waals surface area contributed by atoms with Gasteiger partial charge in [0.15, 0.2) is 0 Å². The molecule has 0 saturated heterocycles. The lowest BCUT2D eigenvalue weighted by atomic mass is 10.1. The van der Waals surface area contributed by atoms with E-state index in [9.17, 15) is 9.59 Å². The molecule has 0 radical (unpaired) electrons. The zero-order valence-corrected chi connectivity index (χ0v) is 13.6. The molecule has 21 heavy (non-hydrogen) atoms. The van der Waals surface area contributed by atoms with E-state index in [0.29, 0.717) is 12.8 Å². The van der Waals surface area contributed by atoms with Crippen LogP contribution in [0.4, 0.5) is 0 Å². The minimum atomic E-state index is -0.485. The average Bonchev–Trinajstić information content (AvgIpc) is 2.37. The van der Waals surface area contributed by atoms with E-state index in [4.69, 9.17) is 14.6 Å². The number of carbonyl (C=O) groups is 2. The Bertz CT molecular complexity index is 288. The molecule has 0 bridgehead atoms. The van der Waals surface area contributed by atoms with Crippen LogP contribution in [-0.2, 0) is 19.1 Å². The van der Waals surface area contributed by atoms with Crippen LogP contribution in [-0.4, -0.2) is 35.9 Å². The van der Waals surface area contributed by atoms with E-state index in [2.05, 4.69) is 6.92 Å². The zero-order valence-electron chi connectivity index (χ0n) is 13.6. The second-order valence-electron chi connectivity index (χ2n) is 5.53. The van der Waals surface area contributed by atoms with Gasteiger partial charge < -0.3 is 14.6 Å². The van der Waals surface area contributed by atoms with E-state index >= 15 is 0 Å². The van der Waals surface area contributed by atoms with Gasteiger partial charge in [-0.2, -0.15) is 0 Å². The van der Waals surface area contributed by atoms with E-state index in [1.165, 1.54) is 12.8 Å². The maximum Gasteiger partial charge on any atom is 0.309 e. The van der Waals surface area contributed by atoms with Crippen LogP contribution >= 0.6 is 0 Å². The van der Waals surface area contributed by atoms with Gasteiger partial charge in [0.1, 0.15) is 6.10 Å². The van der Waals surface area contributed by atoms with Crippen LogP contribution in [0.15, 0.2) is 0 Å². The van der Waals surface area contributed by atoms with Gasteiger partial charge in [-0.15, -0.1) is 0 Å². The van der Waals surface area contributed by atoms with Crippen molar-refractivity contribution >= 4 is 11.9 Å². The number of esters is 2. The van der Waals surface area contributed by atoms with Crippen LogP contribution < -0.4 is 0 Å². The minimum absolute atomic E-state index is 0.0569. The normalized spacial score (nSPS) is 13.5. The van der Waals surface area contributed by atoms with Crippen LogP contribution in [0.5, 0.6) is 0 Å². The number of carbonyl (C=O) groups excluding carboxylic acids is 2. The first-order valence-electron chi connectivity index (χ1n) is 7.98. The van der Waals surface area contributed by atoms with Gasteiger partial charge in [-0.3, -0.25) is 9.59 Å². The van der Waals surface area contributed by atoms with Gasteiger partial charge in [0.2, 0.25) is 0 Å². The number of hydrogen-bond donors (Lipinski definition) is 1. The fourth-order valence-electron chi connectivity index (χ4n) is 1.83. The molecule has 0 unspecified atom stereocenters. The summed E-state index contributed by atoms with van der Waals surface area (Å²) in [7, 11) is 0. The van der Waals surface area contributed by atoms with Gasteiger partial charge in [0.25, 0.3) is 0 Å². The van der Waals surface area contributed by atoms with Crippen molar-refractivity contribution in [2.24, 2.45) is 0 Å². The minimum Gasteiger partial charge on any atom is -0.465 e. The van der Waals surface area contributed by atoms with Gasteiger partial charge in [-0.25, -0.2) is 0 Å². The topological polar surface area (TPSA) is 72.8 Å². The molecule has 2 atom stereocenters. The predicted molar refractivity (Wildman–Crippen MR) is 80.8 cm³/mol. The molecular formula is C16H30O5. The van der Waals surface area contributed by atoms with Crippen molar-refractivity contribution < 1.29 is 24.2 Å². The summed E-state index contributed by atoms with van der Waals surface area (Å²) in [6.07, 6.45) is 5.33. The van der Waals surface area contributed by atoms with Crippen LogP contribution in [0.25, 0.3) is 0 Å². The predicted octanol–water partition coefficient (Wildman–Crippen LogP) is 2.98. The van der Waals surface area contributed by atoms with E-state index in [-0.39, 0.29) is 19.0 Å². The molecular weight excluding hydrogens is 272 g/mol. The highest BCUT2D eigenvalue weighted by Crippen LogP contribution is 2.08. The molecule has 5 nitrogen and oxygen atoms in total. The smallest absolute Gasteiger partial charge is 0.309 e. The third kappa shape index (κ3) is 13.6. The van der Waals surface area contributed by atoms with E-state index in [0.717, 1.165) is 19.3 Å². The van der Waals surface area contributed by atoms with Crippen molar-refractivity contribution in [2.75, 3.05) is 6.61 Å². The number of ether oxygens (including phenoxy) is 2. The van der Waals surface area contributed by atoms with Crippen LogP contribution in [0.2, 0.25) is 0 Å². The Morgan fingerprint density at radius 3 is 2.33 bits per heavy atom. The summed E-state index contributed by atoms with van der Waals surface area (Å²) < 4.78 is 10.1. The molecule has 0 rings (SSSR count). The molecule has 0 saturated carbocycles. The molecule has 0 heterocycles. The number of aliphatic hydroxyl groups is 1. The summed E-state index contributed by atoms with van der Waals surface area (Å²) in [6.45, 7) is 5.66. The van der Waals surface area contributed by atoms with Crippen molar-refractivity contribution in [1.29, 1.82) is 0 Å². The molecule has 0 fully saturated rings. The Balaban J connectivity index is 3.64. The second-order valence-corrected chi connectivity index (χ2v) is 5.53. The SMILES string of the molecule is CCCCCCCC(=O)O[C@H](C)CC(=O)OCC[C@@H](C)O. The van der Waals surface area contributed by atoms with Crippen molar-refractivity contribution in [3.05, 3.63) is 0 Å². The summed E-state index contributed by atoms with van der Waals surface area (Å²) in [5.41, 5.74) is 0. The number of unbranched alkanes of at least 4 members (excludes halogenated alkanes) is 4. The number of aliphatic hydroxyl groups excluding tert-OH is 1. The third-order valence-electron chi connectivity index (χ3n) is 3.07. The highest BCUT2D eigenvalue weighted by atomic mass is 16.6. The highest BCUT2D eigenvalue weighted by molar-refractivity contribution is 5.72. The maximum atomic E-state index is 11.6. The summed E-state index contributed by atoms with van der Waals surface area (Å²) in [5.74, 6) is -0.658. The first kappa shape index (κ1) is 19.9. The molecule has 1 N–H and O–H groups in total. The Morgan fingerprint density at radius 2 is 1.71 bits per heavy atom. The summed E-state index contributed by atoms with van der Waals surface area (Å²) in [4.78, 5) is 23.0. The molecule has 0 spiro atoms. The van der Waals surface area contributed by atoms with E-state index in [1.807, 2.05) is 0 Å². The molecule has 0 aliphatic rings. The summed E-state index contributed by atoms with van der Waals surface area (Å²) in [5, 5.41) is 9.04. The highest BCUT2D eigenvalue weighted by Gasteiger charge is 2.14. The average molecular weight is 302 g/mol. The largest absolute Gasteiger partial charge is 0.465 e. The monoisotopic (exact) mass is 302 g/mol.